The van der Waals surface area contributed by atoms with Crippen molar-refractivity contribution in [3.8, 4) is 0 Å². The highest BCUT2D eigenvalue weighted by molar-refractivity contribution is 6.74. The topological polar surface area (TPSA) is 122 Å². The summed E-state index contributed by atoms with van der Waals surface area (Å²) in [6.07, 6.45) is 1.69. The Hall–Kier alpha value is -2.72. The minimum absolute atomic E-state index is 0.0120. The molecule has 1 saturated heterocycles. The Kier molecular flexibility index (Phi) is 7.42. The van der Waals surface area contributed by atoms with Crippen molar-refractivity contribution in [1.29, 1.82) is 0 Å². The van der Waals surface area contributed by atoms with Gasteiger partial charge in [-0.2, -0.15) is 0 Å². The summed E-state index contributed by atoms with van der Waals surface area (Å²) in [7, 11) is -4.57. The van der Waals surface area contributed by atoms with Crippen LogP contribution in [0.2, 0.25) is 36.3 Å². The van der Waals surface area contributed by atoms with Gasteiger partial charge in [0, 0.05) is 6.42 Å². The van der Waals surface area contributed by atoms with Crippen LogP contribution in [0.3, 0.4) is 0 Å². The molecule has 1 aromatic carbocycles. The van der Waals surface area contributed by atoms with E-state index in [-0.39, 0.29) is 27.3 Å². The number of aromatic amines is 1. The van der Waals surface area contributed by atoms with E-state index < -0.39 is 35.2 Å². The highest BCUT2D eigenvalue weighted by atomic mass is 28.4. The quantitative estimate of drug-likeness (QED) is 0.267. The van der Waals surface area contributed by atoms with Gasteiger partial charge in [-0.25, -0.2) is 14.6 Å². The summed E-state index contributed by atoms with van der Waals surface area (Å²) in [5.74, 6) is 0. The standard InChI is InChI=1S/C28H43N7O4Si2/c1-27(2,3)40(7,8)38-20-15-21(34-17-31-22-24(34)29-16-30-25(22)36)37-23(20)26(39-41(9,10)28(4,5)6)35-19-14-12-11-13-18(19)32-33-35/h11-14,16-17,20-21,23,26H,15H2,1-10H3,(H,29,30,36)/t20-,21+,23-,26?/m0/s1. The second kappa shape index (κ2) is 10.2. The minimum atomic E-state index is -2.33. The molecule has 1 aliphatic heterocycles. The third-order valence-electron chi connectivity index (χ3n) is 9.16. The highest BCUT2D eigenvalue weighted by Crippen LogP contribution is 2.46. The monoisotopic (exact) mass is 597 g/mol. The molecular weight excluding hydrogens is 555 g/mol. The zero-order valence-corrected chi connectivity index (χ0v) is 27.8. The van der Waals surface area contributed by atoms with Gasteiger partial charge < -0.3 is 18.6 Å². The molecule has 222 valence electrons. The van der Waals surface area contributed by atoms with Crippen molar-refractivity contribution in [2.75, 3.05) is 0 Å². The van der Waals surface area contributed by atoms with Crippen molar-refractivity contribution in [3.63, 3.8) is 0 Å². The van der Waals surface area contributed by atoms with Crippen LogP contribution in [0.15, 0.2) is 41.7 Å². The fourth-order valence-corrected chi connectivity index (χ4v) is 7.17. The molecule has 5 rings (SSSR count). The van der Waals surface area contributed by atoms with Crippen molar-refractivity contribution < 1.29 is 13.6 Å². The number of nitrogens with one attached hydrogen (secondary N) is 1. The molecular formula is C28H43N7O4Si2. The number of hydrogen-bond acceptors (Lipinski definition) is 8. The van der Waals surface area contributed by atoms with Gasteiger partial charge in [-0.05, 0) is 48.4 Å². The Labute approximate surface area is 242 Å². The molecule has 4 heterocycles. The van der Waals surface area contributed by atoms with Crippen LogP contribution >= 0.6 is 0 Å². The summed E-state index contributed by atoms with van der Waals surface area (Å²) in [5, 5.41) is 8.99. The maximum Gasteiger partial charge on any atom is 0.278 e. The molecule has 1 N–H and O–H groups in total. The molecule has 0 aliphatic carbocycles. The summed E-state index contributed by atoms with van der Waals surface area (Å²) in [6, 6.07) is 7.89. The molecule has 1 unspecified atom stereocenters. The number of nitrogens with zero attached hydrogens (tertiary/aromatic N) is 6. The average Bonchev–Trinajstić information content (AvgIpc) is 3.58. The van der Waals surface area contributed by atoms with Crippen molar-refractivity contribution in [1.82, 2.24) is 34.5 Å². The van der Waals surface area contributed by atoms with E-state index in [4.69, 9.17) is 13.6 Å². The summed E-state index contributed by atoms with van der Waals surface area (Å²) >= 11 is 0. The van der Waals surface area contributed by atoms with Crippen molar-refractivity contribution in [3.05, 3.63) is 47.3 Å². The van der Waals surface area contributed by atoms with Crippen LogP contribution in [0.1, 0.15) is 60.4 Å². The molecule has 4 aromatic rings. The minimum Gasteiger partial charge on any atom is -0.411 e. The van der Waals surface area contributed by atoms with E-state index in [9.17, 15) is 4.79 Å². The molecule has 0 saturated carbocycles. The number of imidazole rings is 1. The van der Waals surface area contributed by atoms with Crippen LogP contribution in [0.4, 0.5) is 0 Å². The zero-order chi connectivity index (χ0) is 30.0. The maximum absolute atomic E-state index is 12.4. The van der Waals surface area contributed by atoms with Crippen LogP contribution in [0.25, 0.3) is 22.2 Å². The fraction of sp³-hybridized carbons (Fsp3) is 0.607. The highest BCUT2D eigenvalue weighted by Gasteiger charge is 2.51. The molecule has 0 amide bonds. The zero-order valence-electron chi connectivity index (χ0n) is 25.8. The van der Waals surface area contributed by atoms with E-state index in [2.05, 4.69) is 93.0 Å². The van der Waals surface area contributed by atoms with E-state index >= 15 is 0 Å². The van der Waals surface area contributed by atoms with E-state index in [1.54, 1.807) is 6.33 Å². The SMILES string of the molecule is CC(C)(C)[Si](C)(C)OC([C@H]1O[C@@H](n2cnc3c(=O)[nH]cnc32)C[C@@H]1O[Si](C)(C)C(C)(C)C)n1nnc2ccccc21. The number of ether oxygens (including phenoxy) is 1. The molecule has 11 nitrogen and oxygen atoms in total. The Balaban J connectivity index is 1.63. The first-order chi connectivity index (χ1) is 19.0. The molecule has 1 fully saturated rings. The van der Waals surface area contributed by atoms with Gasteiger partial charge in [-0.1, -0.05) is 58.9 Å². The van der Waals surface area contributed by atoms with Gasteiger partial charge in [-0.15, -0.1) is 5.10 Å². The van der Waals surface area contributed by atoms with Crippen LogP contribution in [0.5, 0.6) is 0 Å². The fourth-order valence-electron chi connectivity index (χ4n) is 4.64. The lowest BCUT2D eigenvalue weighted by Gasteiger charge is -2.43. The maximum atomic E-state index is 12.4. The molecule has 0 spiro atoms. The molecule has 0 radical (unpaired) electrons. The molecule has 1 aliphatic rings. The first-order valence-electron chi connectivity index (χ1n) is 14.2. The summed E-state index contributed by atoms with van der Waals surface area (Å²) in [5.41, 5.74) is 2.12. The number of fused-ring (bicyclic) bond motifs is 2. The largest absolute Gasteiger partial charge is 0.411 e. The van der Waals surface area contributed by atoms with Gasteiger partial charge in [0.1, 0.15) is 17.8 Å². The number of hydrogen-bond donors (Lipinski definition) is 1. The molecule has 41 heavy (non-hydrogen) atoms. The number of rotatable bonds is 7. The Bertz CT molecular complexity index is 1600. The molecule has 13 heteroatoms. The first kappa shape index (κ1) is 29.8. The number of para-hydroxylation sites is 1. The lowest BCUT2D eigenvalue weighted by Crippen LogP contribution is -2.50. The molecule has 3 aromatic heterocycles. The van der Waals surface area contributed by atoms with Gasteiger partial charge in [0.2, 0.25) is 0 Å². The third-order valence-corrected chi connectivity index (χ3v) is 18.1. The molecule has 0 bridgehead atoms. The third kappa shape index (κ3) is 5.45. The lowest BCUT2D eigenvalue weighted by molar-refractivity contribution is -0.104. The van der Waals surface area contributed by atoms with Crippen molar-refractivity contribution in [2.45, 2.75) is 109 Å². The van der Waals surface area contributed by atoms with Crippen LogP contribution < -0.4 is 5.56 Å². The summed E-state index contributed by atoms with van der Waals surface area (Å²) in [6.45, 7) is 22.3. The molecule has 4 atom stereocenters. The van der Waals surface area contributed by atoms with Gasteiger partial charge in [0.25, 0.3) is 5.56 Å². The van der Waals surface area contributed by atoms with Gasteiger partial charge in [0.15, 0.2) is 34.0 Å². The second-order valence-electron chi connectivity index (χ2n) is 14.1. The van der Waals surface area contributed by atoms with E-state index in [1.807, 2.05) is 33.5 Å². The lowest BCUT2D eigenvalue weighted by atomic mass is 10.1. The predicted octanol–water partition coefficient (Wildman–Crippen LogP) is 5.76. The van der Waals surface area contributed by atoms with E-state index in [0.29, 0.717) is 12.1 Å². The Morgan fingerprint density at radius 3 is 2.39 bits per heavy atom. The van der Waals surface area contributed by atoms with Crippen LogP contribution in [-0.2, 0) is 13.6 Å². The normalized spacial score (nSPS) is 21.7. The number of benzene rings is 1. The Morgan fingerprint density at radius 2 is 1.71 bits per heavy atom. The Morgan fingerprint density at radius 1 is 1.02 bits per heavy atom. The summed E-state index contributed by atoms with van der Waals surface area (Å²) in [4.78, 5) is 23.8. The summed E-state index contributed by atoms with van der Waals surface area (Å²) < 4.78 is 24.8. The van der Waals surface area contributed by atoms with Crippen molar-refractivity contribution >= 4 is 38.8 Å². The van der Waals surface area contributed by atoms with E-state index in [1.165, 1.54) is 6.33 Å². The van der Waals surface area contributed by atoms with Gasteiger partial charge >= 0.3 is 0 Å². The van der Waals surface area contributed by atoms with Crippen molar-refractivity contribution in [2.24, 2.45) is 0 Å². The van der Waals surface area contributed by atoms with Gasteiger partial charge in [-0.3, -0.25) is 9.36 Å². The smallest absolute Gasteiger partial charge is 0.278 e. The van der Waals surface area contributed by atoms with Gasteiger partial charge in [0.05, 0.1) is 24.3 Å². The van der Waals surface area contributed by atoms with Crippen LogP contribution in [-0.4, -0.2) is 63.4 Å². The average molecular weight is 598 g/mol. The van der Waals surface area contributed by atoms with Crippen LogP contribution in [0, 0.1) is 0 Å². The second-order valence-corrected chi connectivity index (χ2v) is 23.6. The first-order valence-corrected chi connectivity index (χ1v) is 20.0. The predicted molar refractivity (Wildman–Crippen MR) is 164 cm³/mol. The van der Waals surface area contributed by atoms with E-state index in [0.717, 1.165) is 11.0 Å². The number of H-pyrrole nitrogens is 1. The number of aromatic nitrogens is 7.